The van der Waals surface area contributed by atoms with E-state index in [9.17, 15) is 91.1 Å². The molecule has 0 saturated heterocycles. The van der Waals surface area contributed by atoms with Crippen LogP contribution in [0.3, 0.4) is 0 Å². The van der Waals surface area contributed by atoms with Crippen molar-refractivity contribution in [2.24, 2.45) is 72.3 Å². The molecule has 1 fully saturated rings. The van der Waals surface area contributed by atoms with Gasteiger partial charge in [0.25, 0.3) is 0 Å². The van der Waals surface area contributed by atoms with E-state index in [1.54, 1.807) is 27.7 Å². The average molecular weight is 1480 g/mol. The van der Waals surface area contributed by atoms with Crippen LogP contribution in [0.1, 0.15) is 166 Å². The number of carbonyl (C=O) groups is 1. The fraction of sp³-hybridized carbons (Fsp3) is 0.683. The predicted octanol–water partition coefficient (Wildman–Crippen LogP) is -5.66. The van der Waals surface area contributed by atoms with Crippen LogP contribution in [0.25, 0.3) is 0 Å². The number of aromatic amines is 7. The zero-order valence-corrected chi connectivity index (χ0v) is 62.8. The van der Waals surface area contributed by atoms with E-state index in [0.29, 0.717) is 31.7 Å². The van der Waals surface area contributed by atoms with Crippen LogP contribution in [-0.4, -0.2) is 129 Å². The third kappa shape index (κ3) is 37.8. The maximum Gasteiger partial charge on any atom is 0.336 e. The van der Waals surface area contributed by atoms with E-state index < -0.39 is 102 Å². The number of rotatable bonds is 14. The molecule has 2 atom stereocenters. The van der Waals surface area contributed by atoms with Gasteiger partial charge in [-0.05, 0) is 99.2 Å². The summed E-state index contributed by atoms with van der Waals surface area (Å²) in [6, 6.07) is 0.123. The van der Waals surface area contributed by atoms with Crippen LogP contribution in [0, 0.1) is 0 Å². The van der Waals surface area contributed by atoms with E-state index in [1.165, 1.54) is 88.4 Å². The number of esters is 1. The number of nitrogens with zero attached hydrogens (tertiary/aromatic N) is 11. The van der Waals surface area contributed by atoms with Gasteiger partial charge in [-0.15, -0.1) is 0 Å². The molecule has 2 unspecified atom stereocenters. The summed E-state index contributed by atoms with van der Waals surface area (Å²) in [6.45, 7) is 25.5. The third-order valence-electron chi connectivity index (χ3n) is 13.3. The van der Waals surface area contributed by atoms with Crippen molar-refractivity contribution in [1.82, 2.24) is 85.1 Å². The summed E-state index contributed by atoms with van der Waals surface area (Å²) in [7, 11) is 9.14. The monoisotopic (exact) mass is 1480 g/mol. The Balaban J connectivity index is -0.000000535. The van der Waals surface area contributed by atoms with Gasteiger partial charge in [0.2, 0.25) is 0 Å². The van der Waals surface area contributed by atoms with Gasteiger partial charge in [-0.2, -0.15) is 0 Å². The lowest BCUT2D eigenvalue weighted by atomic mass is 9.98. The summed E-state index contributed by atoms with van der Waals surface area (Å²) in [5.74, 6) is -0.275. The van der Waals surface area contributed by atoms with Gasteiger partial charge in [-0.1, -0.05) is 73.6 Å². The van der Waals surface area contributed by atoms with Crippen LogP contribution in [0.5, 0.6) is 0 Å². The SMILES string of the molecule is CC(=O)OC(C)OC1CCCCC1.CC(C)n1c(=O)[nH]c(=O)n(C)c1=O.CCC(C)N.CCCCN.CCCCn1c(=O)[nH]c(=O)n(C)c1=O.CCCN.CCCn1c(=O)[nH]c(=O)n(C)c1=O.CCN.CCn1c(=O)[nH]c(=O)n(C)c1=O.Cn1c(=O)[nH]c(=O)[nH]c1=O.Cn1c(=O)[nH]c(=O)n(C)c1=O. The van der Waals surface area contributed by atoms with Gasteiger partial charge in [0, 0.05) is 88.0 Å². The van der Waals surface area contributed by atoms with Gasteiger partial charge < -0.3 is 32.4 Å². The van der Waals surface area contributed by atoms with Crippen LogP contribution in [-0.2, 0) is 83.2 Å². The van der Waals surface area contributed by atoms with Crippen LogP contribution in [0.15, 0.2) is 86.3 Å². The summed E-state index contributed by atoms with van der Waals surface area (Å²) >= 11 is 0. The molecule has 6 aromatic heterocycles. The second-order valence-corrected chi connectivity index (χ2v) is 22.4. The van der Waals surface area contributed by atoms with Crippen molar-refractivity contribution in [1.29, 1.82) is 0 Å². The van der Waals surface area contributed by atoms with Gasteiger partial charge in [-0.25, -0.2) is 137 Å². The lowest BCUT2D eigenvalue weighted by Crippen LogP contribution is -2.48. The van der Waals surface area contributed by atoms with Crippen LogP contribution < -0.4 is 125 Å². The fourth-order valence-electron chi connectivity index (χ4n) is 7.11. The topological polar surface area (TPSA) is 612 Å². The molecule has 588 valence electrons. The van der Waals surface area contributed by atoms with Crippen LogP contribution in [0.4, 0.5) is 0 Å². The smallest absolute Gasteiger partial charge is 0.336 e. The maximum absolute atomic E-state index is 11.4. The normalized spacial score (nSPS) is 11.5. The molecule has 1 aliphatic rings. The molecule has 15 N–H and O–H groups in total. The van der Waals surface area contributed by atoms with Gasteiger partial charge in [0.1, 0.15) is 0 Å². The molecule has 0 spiro atoms. The highest BCUT2D eigenvalue weighted by molar-refractivity contribution is 5.66. The van der Waals surface area contributed by atoms with E-state index in [2.05, 4.69) is 25.8 Å². The van der Waals surface area contributed by atoms with Gasteiger partial charge >= 0.3 is 108 Å². The number of nitrogens with two attached hydrogens (primary N) is 4. The first-order chi connectivity index (χ1) is 48.0. The quantitative estimate of drug-likeness (QED) is 0.0358. The van der Waals surface area contributed by atoms with Crippen molar-refractivity contribution in [3.63, 3.8) is 0 Å². The van der Waals surface area contributed by atoms with E-state index in [1.807, 2.05) is 57.6 Å². The Hall–Kier alpha value is -10.3. The third-order valence-corrected chi connectivity index (χ3v) is 13.3. The van der Waals surface area contributed by atoms with Crippen molar-refractivity contribution in [3.8, 4) is 0 Å². The van der Waals surface area contributed by atoms with Crippen LogP contribution in [0.2, 0.25) is 0 Å². The highest BCUT2D eigenvalue weighted by atomic mass is 16.7. The number of unbranched alkanes of at least 4 members (excludes halogenated alkanes) is 2. The Morgan fingerprint density at radius 2 is 0.738 bits per heavy atom. The molecule has 1 saturated carbocycles. The number of hydrogen-bond donors (Lipinski definition) is 11. The van der Waals surface area contributed by atoms with Gasteiger partial charge in [-0.3, -0.25) is 39.7 Å². The lowest BCUT2D eigenvalue weighted by molar-refractivity contribution is -0.185. The van der Waals surface area contributed by atoms with Crippen molar-refractivity contribution >= 4 is 5.97 Å². The number of nitrogens with one attached hydrogen (secondary N) is 7. The number of H-pyrrole nitrogens is 7. The van der Waals surface area contributed by atoms with Crippen molar-refractivity contribution < 1.29 is 14.3 Å². The van der Waals surface area contributed by atoms with E-state index in [4.69, 9.17) is 32.4 Å². The molecule has 43 nitrogen and oxygen atoms in total. The van der Waals surface area contributed by atoms with Crippen LogP contribution >= 0.6 is 0 Å². The second kappa shape index (κ2) is 53.6. The van der Waals surface area contributed by atoms with Crippen molar-refractivity contribution in [2.75, 3.05) is 19.6 Å². The average Bonchev–Trinajstić information content (AvgIpc) is 0.836. The summed E-state index contributed by atoms with van der Waals surface area (Å²) in [5.41, 5.74) is 8.43. The molecular formula is C60H112N22O21. The Morgan fingerprint density at radius 1 is 0.417 bits per heavy atom. The minimum atomic E-state index is -0.784. The molecule has 7 rings (SSSR count). The summed E-state index contributed by atoms with van der Waals surface area (Å²) in [5, 5.41) is 0. The van der Waals surface area contributed by atoms with E-state index >= 15 is 0 Å². The first kappa shape index (κ1) is 99.1. The standard InChI is InChI=1S/C10H18O3.C8H13N3O3.2C7H11N3O3.C6H9N3O3.C5H7N3O3.C4H5N3O3.2C4H11N.C3H9N.C2H7N/c1-8(11)12-9(2)13-10-6-4-3-5-7-10;1-3-4-5-11-7(13)9-6(12)10(2)8(11)14;1-4(2)10-6(12)8-5(11)9(3)7(10)13;1-3-4-10-6(12)8-5(11)9(2)7(10)13;1-3-9-5(11)7-4(10)8(2)6(9)12;1-7-3(9)6-4(10)8(2)5(7)11;1-7-3(9)5-2(8)6-4(7)10;1-3-4(2)5;1-2-3-4-5;1-2-3-4;1-2-3/h9-10H,3-7H2,1-2H3;3-5H2,1-2H3,(H,9,12,13);4H,1-3H3,(H,8,11,12);3-4H2,1-2H3,(H,8,11,12);3H2,1-2H3,(H,7,10,11);1-2H3,(H,6,9,10);1H3,(H2,5,6,8,9,10);4H,3,5H2,1-2H3;2-5H2,1H3;2-4H2,1H3;2-3H2,1H3. The van der Waals surface area contributed by atoms with Gasteiger partial charge in [0.15, 0.2) is 6.29 Å². The lowest BCUT2D eigenvalue weighted by Gasteiger charge is -2.25. The van der Waals surface area contributed by atoms with E-state index in [0.717, 1.165) is 108 Å². The molecule has 6 aromatic rings. The molecule has 6 heterocycles. The summed E-state index contributed by atoms with van der Waals surface area (Å²) in [4.78, 5) is 222. The zero-order chi connectivity index (χ0) is 80.7. The minimum absolute atomic E-state index is 0.252. The number of carbonyl (C=O) groups excluding carboxylic acids is 1. The highest BCUT2D eigenvalue weighted by Crippen LogP contribution is 2.21. The predicted molar refractivity (Wildman–Crippen MR) is 389 cm³/mol. The molecule has 103 heavy (non-hydrogen) atoms. The summed E-state index contributed by atoms with van der Waals surface area (Å²) < 4.78 is 20.3. The first-order valence-electron chi connectivity index (χ1n) is 33.1. The number of hydrogen-bond acceptors (Lipinski definition) is 25. The second-order valence-electron chi connectivity index (χ2n) is 22.4. The van der Waals surface area contributed by atoms with Gasteiger partial charge in [0.05, 0.1) is 6.10 Å². The Morgan fingerprint density at radius 3 is 1.05 bits per heavy atom. The Labute approximate surface area is 588 Å². The fourth-order valence-corrected chi connectivity index (χ4v) is 7.11. The van der Waals surface area contributed by atoms with Crippen molar-refractivity contribution in [3.05, 3.63) is 189 Å². The number of ether oxygens (including phenoxy) is 2. The largest absolute Gasteiger partial charge is 0.436 e. The minimum Gasteiger partial charge on any atom is -0.436 e. The molecule has 0 amide bonds. The molecular weight excluding hydrogens is 1360 g/mol. The molecule has 0 aromatic carbocycles. The Kier molecular flexibility index (Phi) is 51.5. The zero-order valence-electron chi connectivity index (χ0n) is 62.8. The highest BCUT2D eigenvalue weighted by Gasteiger charge is 2.18. The van der Waals surface area contributed by atoms with E-state index in [-0.39, 0.29) is 24.8 Å². The maximum atomic E-state index is 11.4. The molecule has 0 radical (unpaired) electrons. The molecule has 1 aliphatic carbocycles. The molecule has 0 bridgehead atoms. The van der Waals surface area contributed by atoms with Crippen molar-refractivity contribution in [2.45, 2.75) is 204 Å². The molecule has 43 heteroatoms. The number of aromatic nitrogens is 18. The summed E-state index contributed by atoms with van der Waals surface area (Å²) in [6.07, 6.45) is 12.7. The first-order valence-corrected chi connectivity index (χ1v) is 33.1. The molecule has 0 aliphatic heterocycles. The Bertz CT molecular complexity index is 4560.